The van der Waals surface area contributed by atoms with Crippen molar-refractivity contribution >= 4 is 33.4 Å². The van der Waals surface area contributed by atoms with Crippen molar-refractivity contribution in [2.75, 3.05) is 5.32 Å². The van der Waals surface area contributed by atoms with Gasteiger partial charge in [-0.25, -0.2) is 8.42 Å². The smallest absolute Gasteiger partial charge is 0.322 e. The molecule has 9 heteroatoms. The van der Waals surface area contributed by atoms with Gasteiger partial charge in [-0.3, -0.25) is 14.4 Å². The maximum atomic E-state index is 12.2. The first kappa shape index (κ1) is 18.8. The van der Waals surface area contributed by atoms with E-state index < -0.39 is 28.5 Å². The van der Waals surface area contributed by atoms with Crippen molar-refractivity contribution in [2.45, 2.75) is 37.6 Å². The maximum Gasteiger partial charge on any atom is 0.322 e. The van der Waals surface area contributed by atoms with Crippen LogP contribution in [0, 0.1) is 0 Å². The van der Waals surface area contributed by atoms with E-state index in [-0.39, 0.29) is 23.0 Å². The number of amides is 1. The molecule has 0 bridgehead atoms. The van der Waals surface area contributed by atoms with Gasteiger partial charge in [-0.05, 0) is 24.3 Å². The summed E-state index contributed by atoms with van der Waals surface area (Å²) in [5, 5.41) is 11.5. The van der Waals surface area contributed by atoms with Crippen LogP contribution in [0.15, 0.2) is 29.2 Å². The number of carbonyl (C=O) groups excluding carboxylic acids is 2. The minimum absolute atomic E-state index is 0.122. The third-order valence-electron chi connectivity index (χ3n) is 2.91. The Morgan fingerprint density at radius 2 is 1.74 bits per heavy atom. The highest BCUT2D eigenvalue weighted by atomic mass is 32.2. The van der Waals surface area contributed by atoms with Crippen molar-refractivity contribution in [1.29, 1.82) is 0 Å². The molecule has 3 N–H and O–H groups in total. The van der Waals surface area contributed by atoms with Crippen molar-refractivity contribution in [2.24, 2.45) is 0 Å². The summed E-state index contributed by atoms with van der Waals surface area (Å²) < 4.78 is 26.4. The zero-order valence-corrected chi connectivity index (χ0v) is 13.5. The molecule has 0 heterocycles. The Kier molecular flexibility index (Phi) is 6.40. The van der Waals surface area contributed by atoms with Gasteiger partial charge < -0.3 is 10.4 Å². The fourth-order valence-corrected chi connectivity index (χ4v) is 2.92. The molecule has 1 rings (SSSR count). The van der Waals surface area contributed by atoms with E-state index in [0.717, 1.165) is 0 Å². The van der Waals surface area contributed by atoms with Gasteiger partial charge in [0.15, 0.2) is 0 Å². The number of carboxylic acids is 1. The molecule has 1 atom stereocenters. The van der Waals surface area contributed by atoms with Gasteiger partial charge >= 0.3 is 5.97 Å². The number of nitrogens with one attached hydrogen (secondary N) is 2. The summed E-state index contributed by atoms with van der Waals surface area (Å²) in [6, 6.07) is 3.69. The Morgan fingerprint density at radius 1 is 1.17 bits per heavy atom. The van der Waals surface area contributed by atoms with Gasteiger partial charge in [0, 0.05) is 25.5 Å². The highest BCUT2D eigenvalue weighted by Gasteiger charge is 2.27. The van der Waals surface area contributed by atoms with Gasteiger partial charge in [-0.15, -0.1) is 0 Å². The molecular weight excluding hydrogens is 324 g/mol. The monoisotopic (exact) mass is 342 g/mol. The highest BCUT2D eigenvalue weighted by Crippen LogP contribution is 2.15. The van der Waals surface area contributed by atoms with Crippen LogP contribution >= 0.6 is 0 Å². The number of sulfonamides is 1. The van der Waals surface area contributed by atoms with Crippen molar-refractivity contribution in [3.05, 3.63) is 24.3 Å². The molecule has 0 aromatic heterocycles. The lowest BCUT2D eigenvalue weighted by Gasteiger charge is -2.14. The topological polar surface area (TPSA) is 130 Å². The van der Waals surface area contributed by atoms with E-state index in [2.05, 4.69) is 5.32 Å². The Balaban J connectivity index is 2.94. The van der Waals surface area contributed by atoms with Crippen molar-refractivity contribution in [3.63, 3.8) is 0 Å². The number of carboxylic acid groups (broad SMARTS) is 1. The first-order valence-electron chi connectivity index (χ1n) is 6.80. The van der Waals surface area contributed by atoms with Crippen LogP contribution in [0.1, 0.15) is 26.7 Å². The van der Waals surface area contributed by atoms with Crippen LogP contribution < -0.4 is 10.0 Å². The Bertz CT molecular complexity index is 696. The second-order valence-electron chi connectivity index (χ2n) is 4.81. The average molecular weight is 342 g/mol. The fraction of sp³-hybridized carbons (Fsp3) is 0.357. The van der Waals surface area contributed by atoms with Crippen LogP contribution in [0.2, 0.25) is 0 Å². The molecule has 0 aliphatic heterocycles. The van der Waals surface area contributed by atoms with Crippen LogP contribution in [-0.4, -0.2) is 37.2 Å². The number of benzene rings is 1. The minimum Gasteiger partial charge on any atom is -0.480 e. The van der Waals surface area contributed by atoms with Gasteiger partial charge in [0.25, 0.3) is 0 Å². The summed E-state index contributed by atoms with van der Waals surface area (Å²) in [5.41, 5.74) is 0.410. The van der Waals surface area contributed by atoms with Gasteiger partial charge in [-0.2, -0.15) is 4.72 Å². The van der Waals surface area contributed by atoms with Gasteiger partial charge in [-0.1, -0.05) is 6.92 Å². The normalized spacial score (nSPS) is 12.4. The van der Waals surface area contributed by atoms with Crippen LogP contribution in [0.25, 0.3) is 0 Å². The molecule has 1 unspecified atom stereocenters. The van der Waals surface area contributed by atoms with Crippen LogP contribution in [-0.2, 0) is 24.4 Å². The van der Waals surface area contributed by atoms with Gasteiger partial charge in [0.2, 0.25) is 15.9 Å². The molecule has 126 valence electrons. The molecule has 23 heavy (non-hydrogen) atoms. The number of Topliss-reactive ketones (excluding diaryl/α,β-unsaturated/α-hetero) is 1. The van der Waals surface area contributed by atoms with Crippen molar-refractivity contribution in [3.8, 4) is 0 Å². The van der Waals surface area contributed by atoms with Crippen LogP contribution in [0.4, 0.5) is 5.69 Å². The van der Waals surface area contributed by atoms with E-state index in [9.17, 15) is 22.8 Å². The quantitative estimate of drug-likeness (QED) is 0.639. The lowest BCUT2D eigenvalue weighted by molar-refractivity contribution is -0.140. The molecule has 0 aliphatic rings. The predicted octanol–water partition coefficient (Wildman–Crippen LogP) is 0.746. The molecule has 1 aromatic carbocycles. The number of ketones is 1. The number of aliphatic carboxylic acids is 1. The largest absolute Gasteiger partial charge is 0.480 e. The number of carbonyl (C=O) groups is 3. The zero-order chi connectivity index (χ0) is 17.6. The van der Waals surface area contributed by atoms with Crippen LogP contribution in [0.3, 0.4) is 0 Å². The third-order valence-corrected chi connectivity index (χ3v) is 4.39. The lowest BCUT2D eigenvalue weighted by Crippen LogP contribution is -2.42. The summed E-state index contributed by atoms with van der Waals surface area (Å²) in [6.07, 6.45) is -0.300. The lowest BCUT2D eigenvalue weighted by atomic mass is 10.1. The predicted molar refractivity (Wildman–Crippen MR) is 82.4 cm³/mol. The molecule has 0 spiro atoms. The molecule has 1 amide bonds. The van der Waals surface area contributed by atoms with E-state index in [1.54, 1.807) is 6.92 Å². The van der Waals surface area contributed by atoms with Crippen LogP contribution in [0.5, 0.6) is 0 Å². The molecule has 0 aliphatic carbocycles. The van der Waals surface area contributed by atoms with E-state index in [0.29, 0.717) is 5.69 Å². The molecule has 0 fully saturated rings. The van der Waals surface area contributed by atoms with Crippen molar-refractivity contribution in [1.82, 2.24) is 4.72 Å². The number of hydrogen-bond acceptors (Lipinski definition) is 5. The fourth-order valence-electron chi connectivity index (χ4n) is 1.73. The second kappa shape index (κ2) is 7.84. The van der Waals surface area contributed by atoms with Gasteiger partial charge in [0.1, 0.15) is 11.8 Å². The zero-order valence-electron chi connectivity index (χ0n) is 12.7. The average Bonchev–Trinajstić information content (AvgIpc) is 2.46. The number of anilines is 1. The first-order valence-corrected chi connectivity index (χ1v) is 8.28. The summed E-state index contributed by atoms with van der Waals surface area (Å²) in [5.74, 6) is -2.09. The summed E-state index contributed by atoms with van der Waals surface area (Å²) in [7, 11) is -4.10. The Hall–Kier alpha value is -2.26. The summed E-state index contributed by atoms with van der Waals surface area (Å²) in [6.45, 7) is 2.88. The Morgan fingerprint density at radius 3 is 2.17 bits per heavy atom. The van der Waals surface area contributed by atoms with Gasteiger partial charge in [0.05, 0.1) is 4.90 Å². The van der Waals surface area contributed by atoms with Crippen molar-refractivity contribution < 1.29 is 27.9 Å². The molecule has 0 radical (unpaired) electrons. The first-order chi connectivity index (χ1) is 10.7. The standard InChI is InChI=1S/C14H18N2O6S/c1-3-11(18)8-13(14(19)20)16-23(21,22)12-6-4-10(5-7-12)15-9(2)17/h4-7,13,16H,3,8H2,1-2H3,(H,15,17)(H,19,20). The third kappa shape index (κ3) is 5.80. The van der Waals surface area contributed by atoms with E-state index in [1.165, 1.54) is 31.2 Å². The second-order valence-corrected chi connectivity index (χ2v) is 6.53. The summed E-state index contributed by atoms with van der Waals surface area (Å²) >= 11 is 0. The molecular formula is C14H18N2O6S. The number of hydrogen-bond donors (Lipinski definition) is 3. The minimum atomic E-state index is -4.10. The maximum absolute atomic E-state index is 12.2. The highest BCUT2D eigenvalue weighted by molar-refractivity contribution is 7.89. The molecule has 8 nitrogen and oxygen atoms in total. The summed E-state index contributed by atoms with van der Waals surface area (Å²) in [4.78, 5) is 33.2. The number of rotatable bonds is 8. The molecule has 0 saturated heterocycles. The SMILES string of the molecule is CCC(=O)CC(NS(=O)(=O)c1ccc(NC(C)=O)cc1)C(=O)O. The van der Waals surface area contributed by atoms with E-state index in [4.69, 9.17) is 5.11 Å². The molecule has 1 aromatic rings. The van der Waals surface area contributed by atoms with E-state index in [1.807, 2.05) is 4.72 Å². The molecule has 0 saturated carbocycles. The Labute approximate surface area is 133 Å². The van der Waals surface area contributed by atoms with E-state index >= 15 is 0 Å².